The predicted molar refractivity (Wildman–Crippen MR) is 104 cm³/mol. The summed E-state index contributed by atoms with van der Waals surface area (Å²) in [6.45, 7) is 14.1. The van der Waals surface area contributed by atoms with Crippen molar-refractivity contribution < 1.29 is 9.47 Å². The van der Waals surface area contributed by atoms with Crippen LogP contribution in [0, 0.1) is 22.7 Å². The van der Waals surface area contributed by atoms with Crippen molar-refractivity contribution in [2.45, 2.75) is 104 Å². The third-order valence-electron chi connectivity index (χ3n) is 7.22. The van der Waals surface area contributed by atoms with Gasteiger partial charge in [-0.25, -0.2) is 0 Å². The zero-order valence-electron chi connectivity index (χ0n) is 17.1. The van der Waals surface area contributed by atoms with E-state index in [0.29, 0.717) is 10.8 Å². The van der Waals surface area contributed by atoms with Crippen LogP contribution in [0.2, 0.25) is 0 Å². The summed E-state index contributed by atoms with van der Waals surface area (Å²) in [5.41, 5.74) is 2.13. The summed E-state index contributed by atoms with van der Waals surface area (Å²) in [7, 11) is 0. The van der Waals surface area contributed by atoms with Crippen LogP contribution in [0.5, 0.6) is 0 Å². The SMILES string of the molecule is CC(C)(C)C1CCC2(CC1)O/C(=C\Cl)C1(CCC(C(C)(C)C)CC1)O2. The van der Waals surface area contributed by atoms with E-state index in [9.17, 15) is 0 Å². The third-order valence-corrected chi connectivity index (χ3v) is 7.41. The molecule has 1 aliphatic heterocycles. The van der Waals surface area contributed by atoms with Crippen molar-refractivity contribution in [3.63, 3.8) is 0 Å². The minimum absolute atomic E-state index is 0.266. The van der Waals surface area contributed by atoms with E-state index in [4.69, 9.17) is 21.1 Å². The van der Waals surface area contributed by atoms with Crippen LogP contribution in [0.25, 0.3) is 0 Å². The fourth-order valence-electron chi connectivity index (χ4n) is 5.27. The molecule has 3 aliphatic rings. The van der Waals surface area contributed by atoms with Crippen LogP contribution in [0.4, 0.5) is 0 Å². The number of ether oxygens (including phenoxy) is 2. The topological polar surface area (TPSA) is 18.5 Å². The van der Waals surface area contributed by atoms with Crippen LogP contribution in [0.1, 0.15) is 92.9 Å². The number of hydrogen-bond acceptors (Lipinski definition) is 2. The maximum Gasteiger partial charge on any atom is 0.211 e. The lowest BCUT2D eigenvalue weighted by atomic mass is 9.68. The second-order valence-electron chi connectivity index (χ2n) is 10.9. The van der Waals surface area contributed by atoms with Crippen LogP contribution >= 0.6 is 11.6 Å². The Morgan fingerprint density at radius 1 is 0.840 bits per heavy atom. The molecule has 1 saturated heterocycles. The highest BCUT2D eigenvalue weighted by atomic mass is 35.5. The summed E-state index contributed by atoms with van der Waals surface area (Å²) in [5, 5.41) is 0. The molecule has 1 heterocycles. The van der Waals surface area contributed by atoms with Gasteiger partial charge in [-0.3, -0.25) is 0 Å². The lowest BCUT2D eigenvalue weighted by Crippen LogP contribution is -2.43. The normalized spacial score (nSPS) is 41.5. The van der Waals surface area contributed by atoms with E-state index in [-0.39, 0.29) is 5.60 Å². The molecular weight excluding hydrogens is 332 g/mol. The quantitative estimate of drug-likeness (QED) is 0.457. The lowest BCUT2D eigenvalue weighted by Gasteiger charge is -2.43. The molecule has 3 rings (SSSR count). The van der Waals surface area contributed by atoms with Gasteiger partial charge in [0.1, 0.15) is 11.4 Å². The molecule has 0 aromatic heterocycles. The van der Waals surface area contributed by atoms with Crippen LogP contribution in [-0.4, -0.2) is 11.4 Å². The molecule has 0 radical (unpaired) electrons. The van der Waals surface area contributed by atoms with Gasteiger partial charge in [0.2, 0.25) is 5.79 Å². The molecule has 0 bridgehead atoms. The zero-order valence-corrected chi connectivity index (χ0v) is 17.8. The van der Waals surface area contributed by atoms with Gasteiger partial charge in [-0.05, 0) is 61.2 Å². The molecule has 25 heavy (non-hydrogen) atoms. The number of rotatable bonds is 0. The highest BCUT2D eigenvalue weighted by molar-refractivity contribution is 6.25. The molecule has 2 saturated carbocycles. The van der Waals surface area contributed by atoms with Gasteiger partial charge >= 0.3 is 0 Å². The van der Waals surface area contributed by atoms with Crippen molar-refractivity contribution in [2.24, 2.45) is 22.7 Å². The maximum atomic E-state index is 6.77. The van der Waals surface area contributed by atoms with Crippen molar-refractivity contribution in [3.8, 4) is 0 Å². The van der Waals surface area contributed by atoms with E-state index in [2.05, 4.69) is 41.5 Å². The summed E-state index contributed by atoms with van der Waals surface area (Å²) < 4.78 is 13.2. The molecule has 3 heteroatoms. The number of halogens is 1. The Kier molecular flexibility index (Phi) is 5.04. The molecular formula is C22H37ClO2. The second-order valence-corrected chi connectivity index (χ2v) is 11.1. The molecule has 0 amide bonds. The van der Waals surface area contributed by atoms with Crippen LogP contribution in [0.3, 0.4) is 0 Å². The lowest BCUT2D eigenvalue weighted by molar-refractivity contribution is -0.217. The Labute approximate surface area is 159 Å². The Morgan fingerprint density at radius 3 is 1.68 bits per heavy atom. The third kappa shape index (κ3) is 3.76. The summed E-state index contributed by atoms with van der Waals surface area (Å²) in [6.07, 6.45) is 8.82. The van der Waals surface area contributed by atoms with Crippen molar-refractivity contribution in [3.05, 3.63) is 11.3 Å². The first kappa shape index (κ1) is 19.5. The minimum Gasteiger partial charge on any atom is -0.463 e. The first-order valence-corrected chi connectivity index (χ1v) is 10.6. The van der Waals surface area contributed by atoms with Gasteiger partial charge in [-0.2, -0.15) is 0 Å². The molecule has 144 valence electrons. The molecule has 3 fully saturated rings. The Balaban J connectivity index is 1.70. The van der Waals surface area contributed by atoms with Gasteiger partial charge in [0, 0.05) is 18.4 Å². The van der Waals surface area contributed by atoms with Crippen molar-refractivity contribution >= 4 is 11.6 Å². The van der Waals surface area contributed by atoms with Crippen molar-refractivity contribution in [2.75, 3.05) is 0 Å². The summed E-state index contributed by atoms with van der Waals surface area (Å²) in [5.74, 6) is 1.99. The molecule has 0 aromatic rings. The van der Waals surface area contributed by atoms with Gasteiger partial charge in [0.25, 0.3) is 0 Å². The molecule has 2 nitrogen and oxygen atoms in total. The van der Waals surface area contributed by atoms with Crippen molar-refractivity contribution in [1.29, 1.82) is 0 Å². The summed E-state index contributed by atoms with van der Waals surface area (Å²) >= 11 is 6.19. The first-order valence-electron chi connectivity index (χ1n) is 10.2. The molecule has 0 unspecified atom stereocenters. The van der Waals surface area contributed by atoms with Gasteiger partial charge < -0.3 is 9.47 Å². The highest BCUT2D eigenvalue weighted by Crippen LogP contribution is 2.56. The van der Waals surface area contributed by atoms with Crippen LogP contribution < -0.4 is 0 Å². The fourth-order valence-corrected chi connectivity index (χ4v) is 5.51. The monoisotopic (exact) mass is 368 g/mol. The van der Waals surface area contributed by atoms with Crippen LogP contribution in [-0.2, 0) is 9.47 Å². The van der Waals surface area contributed by atoms with E-state index in [1.807, 2.05) is 0 Å². The van der Waals surface area contributed by atoms with Crippen LogP contribution in [0.15, 0.2) is 11.3 Å². The van der Waals surface area contributed by atoms with E-state index >= 15 is 0 Å². The number of hydrogen-bond donors (Lipinski definition) is 0. The van der Waals surface area contributed by atoms with E-state index in [1.165, 1.54) is 25.7 Å². The van der Waals surface area contributed by atoms with Gasteiger partial charge in [0.05, 0.1) is 0 Å². The predicted octanol–water partition coefficient (Wildman–Crippen LogP) is 7.02. The van der Waals surface area contributed by atoms with E-state index in [1.54, 1.807) is 5.54 Å². The summed E-state index contributed by atoms with van der Waals surface area (Å²) in [4.78, 5) is 0. The van der Waals surface area contributed by atoms with Gasteiger partial charge in [0.15, 0.2) is 0 Å². The fraction of sp³-hybridized carbons (Fsp3) is 0.909. The maximum absolute atomic E-state index is 6.77. The molecule has 0 atom stereocenters. The molecule has 0 aromatic carbocycles. The van der Waals surface area contributed by atoms with Gasteiger partial charge in [-0.1, -0.05) is 53.1 Å². The molecule has 2 aliphatic carbocycles. The average Bonchev–Trinajstić information content (AvgIpc) is 2.79. The first-order chi connectivity index (χ1) is 11.5. The van der Waals surface area contributed by atoms with E-state index in [0.717, 1.165) is 43.3 Å². The van der Waals surface area contributed by atoms with Crippen molar-refractivity contribution in [1.82, 2.24) is 0 Å². The Hall–Kier alpha value is -0.210. The summed E-state index contributed by atoms with van der Waals surface area (Å²) in [6, 6.07) is 0. The largest absolute Gasteiger partial charge is 0.463 e. The average molecular weight is 369 g/mol. The Bertz CT molecular complexity index is 507. The molecule has 0 N–H and O–H groups in total. The highest BCUT2D eigenvalue weighted by Gasteiger charge is 2.57. The smallest absolute Gasteiger partial charge is 0.211 e. The zero-order chi connectivity index (χ0) is 18.5. The van der Waals surface area contributed by atoms with Gasteiger partial charge in [-0.15, -0.1) is 0 Å². The minimum atomic E-state index is -0.420. The Morgan fingerprint density at radius 2 is 1.28 bits per heavy atom. The molecule has 2 spiro atoms. The second kappa shape index (κ2) is 6.44. The standard InChI is InChI=1S/C22H37ClO2/c1-19(2,3)16-7-11-21(12-8-16)18(15-23)24-22(25-21)13-9-17(10-14-22)20(4,5)6/h15-17H,7-14H2,1-6H3/b18-15-. The van der Waals surface area contributed by atoms with E-state index < -0.39 is 5.79 Å².